The van der Waals surface area contributed by atoms with E-state index in [9.17, 15) is 18.3 Å². The molecule has 0 unspecified atom stereocenters. The number of sulfonamides is 1. The van der Waals surface area contributed by atoms with E-state index in [1.54, 1.807) is 36.4 Å². The van der Waals surface area contributed by atoms with Gasteiger partial charge < -0.3 is 14.6 Å². The molecule has 2 aliphatic heterocycles. The summed E-state index contributed by atoms with van der Waals surface area (Å²) in [5.41, 5.74) is 0.412. The predicted octanol–water partition coefficient (Wildman–Crippen LogP) is 4.78. The number of carbonyl (C=O) groups is 1. The summed E-state index contributed by atoms with van der Waals surface area (Å²) in [5, 5.41) is 10.5. The van der Waals surface area contributed by atoms with Crippen LogP contribution in [-0.4, -0.2) is 26.3 Å². The summed E-state index contributed by atoms with van der Waals surface area (Å²) < 4.78 is 38.8. The van der Waals surface area contributed by atoms with Crippen LogP contribution in [0, 0.1) is 0 Å². The Bertz CT molecular complexity index is 1430. The quantitative estimate of drug-likeness (QED) is 0.569. The average molecular weight is 490 g/mol. The van der Waals surface area contributed by atoms with Gasteiger partial charge in [0.1, 0.15) is 0 Å². The number of nitrogens with zero attached hydrogens (tertiary/aromatic N) is 1. The highest BCUT2D eigenvalue weighted by Gasteiger charge is 2.42. The molecule has 2 aliphatic rings. The lowest BCUT2D eigenvalue weighted by Gasteiger charge is -2.33. The third-order valence-electron chi connectivity index (χ3n) is 5.11. The molecule has 0 aromatic heterocycles. The second kappa shape index (κ2) is 7.44. The maximum atomic E-state index is 13.6. The van der Waals surface area contributed by atoms with Gasteiger partial charge >= 0.3 is 5.97 Å². The van der Waals surface area contributed by atoms with Gasteiger partial charge in [-0.3, -0.25) is 0 Å². The fourth-order valence-electron chi connectivity index (χ4n) is 3.78. The van der Waals surface area contributed by atoms with Gasteiger partial charge in [0.05, 0.1) is 15.6 Å². The Kier molecular flexibility index (Phi) is 4.81. The van der Waals surface area contributed by atoms with Crippen LogP contribution in [0.4, 0.5) is 5.69 Å². The van der Waals surface area contributed by atoms with Crippen LogP contribution in [0.5, 0.6) is 11.5 Å². The van der Waals surface area contributed by atoms with Crippen molar-refractivity contribution in [1.82, 2.24) is 0 Å². The summed E-state index contributed by atoms with van der Waals surface area (Å²) in [6.07, 6.45) is 0. The molecule has 7 nitrogen and oxygen atoms in total. The lowest BCUT2D eigenvalue weighted by molar-refractivity contribution is -0.132. The largest absolute Gasteiger partial charge is 0.477 e. The molecule has 1 N–H and O–H groups in total. The molecule has 0 spiro atoms. The first kappa shape index (κ1) is 20.7. The van der Waals surface area contributed by atoms with Crippen molar-refractivity contribution in [3.63, 3.8) is 0 Å². The minimum absolute atomic E-state index is 0.00996. The number of ether oxygens (including phenoxy) is 2. The standard InChI is InChI=1S/C22H13Cl2NO6S/c23-13-6-7-16(15(24)10-13)25-21(22(26)27)20(12-5-8-17-18(9-12)31-11-30-17)14-3-1-2-4-19(14)32(25,28)29/h1-10H,11H2,(H,26,27). The SMILES string of the molecule is O=C(O)C1=C(c2ccc3c(c2)OCO3)c2ccccc2S(=O)(=O)N1c1ccc(Cl)cc1Cl. The monoisotopic (exact) mass is 489 g/mol. The lowest BCUT2D eigenvalue weighted by Crippen LogP contribution is -2.38. The number of carboxylic acid groups (broad SMARTS) is 1. The predicted molar refractivity (Wildman–Crippen MR) is 119 cm³/mol. The average Bonchev–Trinajstić information content (AvgIpc) is 3.22. The molecule has 0 radical (unpaired) electrons. The summed E-state index contributed by atoms with van der Waals surface area (Å²) in [6.45, 7) is 0.0428. The molecule has 3 aromatic carbocycles. The lowest BCUT2D eigenvalue weighted by atomic mass is 9.94. The molecular formula is C22H13Cl2NO6S. The van der Waals surface area contributed by atoms with Crippen molar-refractivity contribution in [2.24, 2.45) is 0 Å². The molecular weight excluding hydrogens is 477 g/mol. The van der Waals surface area contributed by atoms with Gasteiger partial charge in [-0.15, -0.1) is 0 Å². The first-order chi connectivity index (χ1) is 15.3. The zero-order valence-corrected chi connectivity index (χ0v) is 18.4. The zero-order chi connectivity index (χ0) is 22.6. The summed E-state index contributed by atoms with van der Waals surface area (Å²) in [7, 11) is -4.31. The molecule has 32 heavy (non-hydrogen) atoms. The van der Waals surface area contributed by atoms with Crippen LogP contribution in [0.2, 0.25) is 10.0 Å². The van der Waals surface area contributed by atoms with Crippen molar-refractivity contribution in [2.45, 2.75) is 4.90 Å². The maximum absolute atomic E-state index is 13.6. The van der Waals surface area contributed by atoms with Crippen molar-refractivity contribution in [1.29, 1.82) is 0 Å². The number of hydrogen-bond acceptors (Lipinski definition) is 5. The summed E-state index contributed by atoms with van der Waals surface area (Å²) in [6, 6.07) is 15.3. The van der Waals surface area contributed by atoms with Gasteiger partial charge in [0.15, 0.2) is 17.2 Å². The molecule has 3 aromatic rings. The second-order valence-electron chi connectivity index (χ2n) is 6.96. The fourth-order valence-corrected chi connectivity index (χ4v) is 6.05. The Morgan fingerprint density at radius 2 is 1.72 bits per heavy atom. The fraction of sp³-hybridized carbons (Fsp3) is 0.0455. The van der Waals surface area contributed by atoms with Crippen LogP contribution in [0.3, 0.4) is 0 Å². The molecule has 0 bridgehead atoms. The third kappa shape index (κ3) is 3.10. The first-order valence-corrected chi connectivity index (χ1v) is 11.5. The van der Waals surface area contributed by atoms with Crippen molar-refractivity contribution < 1.29 is 27.8 Å². The molecule has 5 rings (SSSR count). The van der Waals surface area contributed by atoms with Crippen molar-refractivity contribution in [3.8, 4) is 11.5 Å². The van der Waals surface area contributed by atoms with E-state index >= 15 is 0 Å². The van der Waals surface area contributed by atoms with E-state index in [4.69, 9.17) is 32.7 Å². The molecule has 162 valence electrons. The molecule has 0 amide bonds. The van der Waals surface area contributed by atoms with Crippen molar-refractivity contribution in [2.75, 3.05) is 11.1 Å². The van der Waals surface area contributed by atoms with E-state index in [1.165, 1.54) is 24.3 Å². The summed E-state index contributed by atoms with van der Waals surface area (Å²) in [4.78, 5) is 12.5. The van der Waals surface area contributed by atoms with E-state index in [0.29, 0.717) is 17.1 Å². The third-order valence-corrected chi connectivity index (χ3v) is 7.42. The molecule has 0 aliphatic carbocycles. The van der Waals surface area contributed by atoms with Crippen LogP contribution < -0.4 is 13.8 Å². The van der Waals surface area contributed by atoms with Crippen LogP contribution in [-0.2, 0) is 14.8 Å². The highest BCUT2D eigenvalue weighted by Crippen LogP contribution is 2.46. The van der Waals surface area contributed by atoms with Gasteiger partial charge in [0, 0.05) is 16.2 Å². The molecule has 0 saturated carbocycles. The number of halogens is 2. The Morgan fingerprint density at radius 3 is 2.47 bits per heavy atom. The number of fused-ring (bicyclic) bond motifs is 2. The molecule has 0 saturated heterocycles. The van der Waals surface area contributed by atoms with E-state index in [1.807, 2.05) is 0 Å². The maximum Gasteiger partial charge on any atom is 0.354 e. The van der Waals surface area contributed by atoms with Crippen LogP contribution in [0.25, 0.3) is 5.57 Å². The van der Waals surface area contributed by atoms with Gasteiger partial charge in [-0.25, -0.2) is 17.5 Å². The minimum atomic E-state index is -4.31. The van der Waals surface area contributed by atoms with Crippen molar-refractivity contribution in [3.05, 3.63) is 87.5 Å². The number of benzene rings is 3. The number of carboxylic acids is 1. The van der Waals surface area contributed by atoms with Gasteiger partial charge in [-0.2, -0.15) is 0 Å². The minimum Gasteiger partial charge on any atom is -0.477 e. The zero-order valence-electron chi connectivity index (χ0n) is 16.1. The Labute approximate surface area is 193 Å². The van der Waals surface area contributed by atoms with Crippen LogP contribution in [0.1, 0.15) is 11.1 Å². The highest BCUT2D eigenvalue weighted by atomic mass is 35.5. The Balaban J connectivity index is 1.88. The van der Waals surface area contributed by atoms with Crippen LogP contribution in [0.15, 0.2) is 71.3 Å². The van der Waals surface area contributed by atoms with E-state index in [-0.39, 0.29) is 38.6 Å². The topological polar surface area (TPSA) is 93.1 Å². The van der Waals surface area contributed by atoms with Crippen LogP contribution >= 0.6 is 23.2 Å². The van der Waals surface area contributed by atoms with Crippen molar-refractivity contribution >= 4 is 50.5 Å². The normalized spacial score (nSPS) is 16.1. The number of rotatable bonds is 3. The second-order valence-corrected chi connectivity index (χ2v) is 9.56. The molecule has 10 heteroatoms. The van der Waals surface area contributed by atoms with Gasteiger partial charge in [0.2, 0.25) is 6.79 Å². The van der Waals surface area contributed by atoms with E-state index in [2.05, 4.69) is 0 Å². The Hall–Kier alpha value is -3.20. The number of anilines is 1. The summed E-state index contributed by atoms with van der Waals surface area (Å²) >= 11 is 12.3. The van der Waals surface area contributed by atoms with E-state index < -0.39 is 21.7 Å². The molecule has 0 fully saturated rings. The van der Waals surface area contributed by atoms with Gasteiger partial charge in [0.25, 0.3) is 10.0 Å². The van der Waals surface area contributed by atoms with Gasteiger partial charge in [-0.05, 0) is 42.0 Å². The highest BCUT2D eigenvalue weighted by molar-refractivity contribution is 7.93. The molecule has 2 heterocycles. The Morgan fingerprint density at radius 1 is 0.969 bits per heavy atom. The smallest absolute Gasteiger partial charge is 0.354 e. The number of aliphatic carboxylic acids is 1. The first-order valence-electron chi connectivity index (χ1n) is 9.26. The summed E-state index contributed by atoms with van der Waals surface area (Å²) in [5.74, 6) is -0.496. The van der Waals surface area contributed by atoms with Gasteiger partial charge in [-0.1, -0.05) is 47.5 Å². The number of hydrogen-bond donors (Lipinski definition) is 1. The molecule has 0 atom stereocenters. The van der Waals surface area contributed by atoms with E-state index in [0.717, 1.165) is 4.31 Å².